The van der Waals surface area contributed by atoms with Gasteiger partial charge in [0.25, 0.3) is 0 Å². The van der Waals surface area contributed by atoms with E-state index >= 15 is 0 Å². The highest BCUT2D eigenvalue weighted by atomic mass is 14.9. The monoisotopic (exact) mass is 186 g/mol. The number of hydrogen-bond donors (Lipinski definition) is 2. The van der Waals surface area contributed by atoms with Crippen LogP contribution in [0.4, 0.5) is 5.69 Å². The minimum absolute atomic E-state index is 0.365. The number of rotatable bonds is 2. The zero-order chi connectivity index (χ0) is 9.80. The lowest BCUT2D eigenvalue weighted by molar-refractivity contribution is 0.871. The Morgan fingerprint density at radius 2 is 2.00 bits per heavy atom. The van der Waals surface area contributed by atoms with Crippen LogP contribution >= 0.6 is 0 Å². The van der Waals surface area contributed by atoms with Gasteiger partial charge in [-0.05, 0) is 24.6 Å². The molecule has 0 amide bonds. The van der Waals surface area contributed by atoms with Crippen molar-refractivity contribution >= 4 is 5.69 Å². The average Bonchev–Trinajstić information content (AvgIpc) is 2.23. The van der Waals surface area contributed by atoms with E-state index in [0.717, 1.165) is 17.8 Å². The van der Waals surface area contributed by atoms with Crippen molar-refractivity contribution in [3.05, 3.63) is 54.3 Å². The molecule has 0 saturated carbocycles. The van der Waals surface area contributed by atoms with Gasteiger partial charge in [-0.25, -0.2) is 0 Å². The van der Waals surface area contributed by atoms with E-state index in [1.165, 1.54) is 0 Å². The van der Waals surface area contributed by atoms with Crippen LogP contribution < -0.4 is 11.1 Å². The van der Waals surface area contributed by atoms with E-state index in [-0.39, 0.29) is 0 Å². The van der Waals surface area contributed by atoms with Crippen LogP contribution in [0.3, 0.4) is 0 Å². The molecule has 0 aliphatic heterocycles. The van der Waals surface area contributed by atoms with Gasteiger partial charge in [0.05, 0.1) is 0 Å². The average molecular weight is 186 g/mol. The summed E-state index contributed by atoms with van der Waals surface area (Å²) in [6.07, 6.45) is 7.05. The normalized spacial score (nSPS) is 20.3. The number of allylic oxidation sites excluding steroid dienone is 1. The van der Waals surface area contributed by atoms with Crippen molar-refractivity contribution in [2.45, 2.75) is 12.5 Å². The van der Waals surface area contributed by atoms with Crippen molar-refractivity contribution in [1.82, 2.24) is 0 Å². The van der Waals surface area contributed by atoms with E-state index in [9.17, 15) is 0 Å². The van der Waals surface area contributed by atoms with Crippen molar-refractivity contribution in [2.24, 2.45) is 5.73 Å². The molecular formula is C12H14N2. The quantitative estimate of drug-likeness (QED) is 0.743. The first-order valence-corrected chi connectivity index (χ1v) is 4.80. The fourth-order valence-electron chi connectivity index (χ4n) is 1.49. The molecule has 0 aromatic heterocycles. The first kappa shape index (κ1) is 8.88. The predicted octanol–water partition coefficient (Wildman–Crippen LogP) is 2.27. The fraction of sp³-hybridized carbons (Fsp3) is 0.167. The summed E-state index contributed by atoms with van der Waals surface area (Å²) >= 11 is 0. The molecule has 1 unspecified atom stereocenters. The summed E-state index contributed by atoms with van der Waals surface area (Å²) in [6.45, 7) is 0. The van der Waals surface area contributed by atoms with E-state index in [4.69, 9.17) is 5.73 Å². The summed E-state index contributed by atoms with van der Waals surface area (Å²) in [5.74, 6) is 0. The van der Waals surface area contributed by atoms with Gasteiger partial charge in [-0.2, -0.15) is 0 Å². The van der Waals surface area contributed by atoms with E-state index in [2.05, 4.69) is 23.5 Å². The van der Waals surface area contributed by atoms with Gasteiger partial charge in [-0.15, -0.1) is 0 Å². The Balaban J connectivity index is 1.98. The van der Waals surface area contributed by atoms with Gasteiger partial charge in [-0.3, -0.25) is 0 Å². The number of hydrogen-bond acceptors (Lipinski definition) is 2. The summed E-state index contributed by atoms with van der Waals surface area (Å²) in [5, 5.41) is 3.41. The Bertz CT molecular complexity index is 352. The number of benzene rings is 1. The molecule has 72 valence electrons. The van der Waals surface area contributed by atoms with Crippen LogP contribution in [0.15, 0.2) is 54.3 Å². The molecule has 2 heteroatoms. The zero-order valence-corrected chi connectivity index (χ0v) is 7.98. The Labute approximate surface area is 84.1 Å². The molecule has 3 N–H and O–H groups in total. The van der Waals surface area contributed by atoms with E-state index in [1.54, 1.807) is 0 Å². The van der Waals surface area contributed by atoms with Crippen molar-refractivity contribution in [2.75, 3.05) is 5.32 Å². The maximum absolute atomic E-state index is 5.64. The third-order valence-electron chi connectivity index (χ3n) is 2.25. The lowest BCUT2D eigenvalue weighted by Crippen LogP contribution is -2.18. The minimum Gasteiger partial charge on any atom is -0.399 e. The summed E-state index contributed by atoms with van der Waals surface area (Å²) in [5.41, 5.74) is 7.64. The lowest BCUT2D eigenvalue weighted by atomic mass is 10.1. The first-order chi connectivity index (χ1) is 6.84. The summed E-state index contributed by atoms with van der Waals surface area (Å²) in [4.78, 5) is 0. The topological polar surface area (TPSA) is 38.0 Å². The summed E-state index contributed by atoms with van der Waals surface area (Å²) in [7, 11) is 0. The molecule has 1 aliphatic rings. The van der Waals surface area contributed by atoms with Crippen molar-refractivity contribution < 1.29 is 0 Å². The Morgan fingerprint density at radius 3 is 2.64 bits per heavy atom. The Kier molecular flexibility index (Phi) is 2.54. The van der Waals surface area contributed by atoms with Crippen LogP contribution in [0.2, 0.25) is 0 Å². The molecule has 1 atom stereocenters. The zero-order valence-electron chi connectivity index (χ0n) is 7.98. The number of nitrogens with two attached hydrogens (primary N) is 1. The van der Waals surface area contributed by atoms with Crippen molar-refractivity contribution in [3.8, 4) is 0 Å². The molecule has 0 fully saturated rings. The highest BCUT2D eigenvalue weighted by Gasteiger charge is 2.05. The van der Waals surface area contributed by atoms with Crippen molar-refractivity contribution in [3.63, 3.8) is 0 Å². The van der Waals surface area contributed by atoms with Crippen LogP contribution in [-0.2, 0) is 0 Å². The van der Waals surface area contributed by atoms with Gasteiger partial charge < -0.3 is 11.1 Å². The molecular weight excluding hydrogens is 172 g/mol. The third kappa shape index (κ3) is 2.16. The standard InChI is InChI=1S/C12H14N2/c13-10-6-8-12(9-7-10)14-11-4-2-1-3-5-11/h1-8,12,14H,9,13H2. The summed E-state index contributed by atoms with van der Waals surface area (Å²) < 4.78 is 0. The van der Waals surface area contributed by atoms with E-state index in [0.29, 0.717) is 6.04 Å². The van der Waals surface area contributed by atoms with Gasteiger partial charge in [-0.1, -0.05) is 30.4 Å². The molecule has 0 radical (unpaired) electrons. The van der Waals surface area contributed by atoms with E-state index in [1.807, 2.05) is 30.4 Å². The van der Waals surface area contributed by atoms with Gasteiger partial charge in [0.1, 0.15) is 0 Å². The third-order valence-corrected chi connectivity index (χ3v) is 2.25. The second kappa shape index (κ2) is 4.01. The van der Waals surface area contributed by atoms with Crippen LogP contribution in [-0.4, -0.2) is 6.04 Å². The van der Waals surface area contributed by atoms with Gasteiger partial charge in [0.15, 0.2) is 0 Å². The van der Waals surface area contributed by atoms with Gasteiger partial charge >= 0.3 is 0 Å². The second-order valence-electron chi connectivity index (χ2n) is 3.42. The van der Waals surface area contributed by atoms with Crippen molar-refractivity contribution in [1.29, 1.82) is 0 Å². The Hall–Kier alpha value is -1.70. The predicted molar refractivity (Wildman–Crippen MR) is 59.9 cm³/mol. The van der Waals surface area contributed by atoms with Gasteiger partial charge in [0.2, 0.25) is 0 Å². The maximum atomic E-state index is 5.64. The van der Waals surface area contributed by atoms with Crippen LogP contribution in [0.1, 0.15) is 6.42 Å². The van der Waals surface area contributed by atoms with E-state index < -0.39 is 0 Å². The first-order valence-electron chi connectivity index (χ1n) is 4.80. The number of nitrogens with one attached hydrogen (secondary N) is 1. The highest BCUT2D eigenvalue weighted by molar-refractivity contribution is 5.45. The molecule has 0 saturated heterocycles. The van der Waals surface area contributed by atoms with Gasteiger partial charge in [0, 0.05) is 17.4 Å². The largest absolute Gasteiger partial charge is 0.399 e. The van der Waals surface area contributed by atoms with Crippen LogP contribution in [0, 0.1) is 0 Å². The molecule has 0 bridgehead atoms. The van der Waals surface area contributed by atoms with Crippen LogP contribution in [0.5, 0.6) is 0 Å². The highest BCUT2D eigenvalue weighted by Crippen LogP contribution is 2.13. The minimum atomic E-state index is 0.365. The molecule has 14 heavy (non-hydrogen) atoms. The molecule has 1 aromatic rings. The molecule has 0 heterocycles. The molecule has 1 aromatic carbocycles. The smallest absolute Gasteiger partial charge is 0.0483 e. The second-order valence-corrected chi connectivity index (χ2v) is 3.42. The number of para-hydroxylation sites is 1. The number of anilines is 1. The Morgan fingerprint density at radius 1 is 1.21 bits per heavy atom. The summed E-state index contributed by atoms with van der Waals surface area (Å²) in [6, 6.07) is 10.6. The molecule has 2 nitrogen and oxygen atoms in total. The van der Waals surface area contributed by atoms with Crippen LogP contribution in [0.25, 0.3) is 0 Å². The fourth-order valence-corrected chi connectivity index (χ4v) is 1.49. The molecule has 0 spiro atoms. The molecule has 1 aliphatic carbocycles. The molecule has 2 rings (SSSR count). The lowest BCUT2D eigenvalue weighted by Gasteiger charge is -2.17. The maximum Gasteiger partial charge on any atom is 0.0483 e. The SMILES string of the molecule is NC1=CCC(Nc2ccccc2)C=C1.